The third-order valence-electron chi connectivity index (χ3n) is 5.08. The van der Waals surface area contributed by atoms with E-state index in [9.17, 15) is 9.59 Å². The van der Waals surface area contributed by atoms with Crippen LogP contribution in [-0.4, -0.2) is 35.3 Å². The summed E-state index contributed by atoms with van der Waals surface area (Å²) < 4.78 is 6.27. The van der Waals surface area contributed by atoms with Gasteiger partial charge < -0.3 is 9.64 Å². The number of fused-ring (bicyclic) bond motifs is 1. The molecule has 1 spiro atoms. The van der Waals surface area contributed by atoms with E-state index in [2.05, 4.69) is 26.8 Å². The van der Waals surface area contributed by atoms with Gasteiger partial charge in [0.25, 0.3) is 0 Å². The maximum absolute atomic E-state index is 12.7. The van der Waals surface area contributed by atoms with E-state index >= 15 is 0 Å². The molecule has 0 unspecified atom stereocenters. The highest BCUT2D eigenvalue weighted by Crippen LogP contribution is 2.40. The van der Waals surface area contributed by atoms with Crippen molar-refractivity contribution < 1.29 is 14.3 Å². The summed E-state index contributed by atoms with van der Waals surface area (Å²) in [6.07, 6.45) is 1.86. The molecule has 4 heteroatoms. The quantitative estimate of drug-likeness (QED) is 0.738. The van der Waals surface area contributed by atoms with Crippen molar-refractivity contribution in [3.8, 4) is 5.75 Å². The van der Waals surface area contributed by atoms with Crippen LogP contribution < -0.4 is 4.74 Å². The Morgan fingerprint density at radius 2 is 1.87 bits per heavy atom. The van der Waals surface area contributed by atoms with Crippen molar-refractivity contribution in [2.75, 3.05) is 13.1 Å². The Hall–Kier alpha value is -1.84. The van der Waals surface area contributed by atoms with Gasteiger partial charge in [0.2, 0.25) is 5.91 Å². The van der Waals surface area contributed by atoms with Gasteiger partial charge in [0, 0.05) is 32.9 Å². The van der Waals surface area contributed by atoms with Crippen LogP contribution in [-0.2, 0) is 10.2 Å². The Morgan fingerprint density at radius 1 is 1.22 bits per heavy atom. The van der Waals surface area contributed by atoms with Crippen molar-refractivity contribution in [3.63, 3.8) is 0 Å². The number of rotatable bonds is 0. The molecule has 3 rings (SSSR count). The predicted octanol–water partition coefficient (Wildman–Crippen LogP) is 3.33. The van der Waals surface area contributed by atoms with E-state index in [-0.39, 0.29) is 17.1 Å². The van der Waals surface area contributed by atoms with Crippen LogP contribution in [0.5, 0.6) is 5.75 Å². The molecule has 1 amide bonds. The van der Waals surface area contributed by atoms with Crippen LogP contribution in [0.4, 0.5) is 0 Å². The summed E-state index contributed by atoms with van der Waals surface area (Å²) in [6.45, 7) is 9.34. The largest absolute Gasteiger partial charge is 0.486 e. The topological polar surface area (TPSA) is 46.6 Å². The molecule has 124 valence electrons. The van der Waals surface area contributed by atoms with E-state index in [1.54, 1.807) is 6.92 Å². The van der Waals surface area contributed by atoms with Gasteiger partial charge in [-0.15, -0.1) is 0 Å². The molecule has 1 aromatic rings. The molecule has 2 aliphatic rings. The molecular weight excluding hydrogens is 290 g/mol. The molecule has 1 fully saturated rings. The third kappa shape index (κ3) is 2.99. The lowest BCUT2D eigenvalue weighted by molar-refractivity contribution is -0.132. The first-order chi connectivity index (χ1) is 10.7. The van der Waals surface area contributed by atoms with Crippen LogP contribution in [0.3, 0.4) is 0 Å². The monoisotopic (exact) mass is 315 g/mol. The van der Waals surface area contributed by atoms with Gasteiger partial charge in [-0.1, -0.05) is 26.8 Å². The minimum Gasteiger partial charge on any atom is -0.486 e. The first-order valence-electron chi connectivity index (χ1n) is 8.32. The van der Waals surface area contributed by atoms with Gasteiger partial charge in [-0.3, -0.25) is 9.59 Å². The van der Waals surface area contributed by atoms with Crippen LogP contribution in [0.2, 0.25) is 0 Å². The lowest BCUT2D eigenvalue weighted by Gasteiger charge is -2.44. The molecule has 0 bridgehead atoms. The number of amides is 1. The highest BCUT2D eigenvalue weighted by atomic mass is 16.5. The Kier molecular flexibility index (Phi) is 3.74. The normalized spacial score (nSPS) is 20.2. The zero-order valence-electron chi connectivity index (χ0n) is 14.4. The molecule has 2 heterocycles. The van der Waals surface area contributed by atoms with Crippen LogP contribution in [0.1, 0.15) is 62.9 Å². The summed E-state index contributed by atoms with van der Waals surface area (Å²) in [5.74, 6) is 0.955. The summed E-state index contributed by atoms with van der Waals surface area (Å²) in [4.78, 5) is 26.0. The zero-order valence-corrected chi connectivity index (χ0v) is 14.4. The number of carbonyl (C=O) groups excluding carboxylic acids is 2. The van der Waals surface area contributed by atoms with Gasteiger partial charge in [0.15, 0.2) is 5.78 Å². The van der Waals surface area contributed by atoms with E-state index in [1.807, 2.05) is 17.0 Å². The second-order valence-electron chi connectivity index (χ2n) is 7.85. The zero-order chi connectivity index (χ0) is 16.8. The molecule has 23 heavy (non-hydrogen) atoms. The molecule has 0 atom stereocenters. The average molecular weight is 315 g/mol. The summed E-state index contributed by atoms with van der Waals surface area (Å²) in [7, 11) is 0. The van der Waals surface area contributed by atoms with Gasteiger partial charge in [-0.25, -0.2) is 0 Å². The van der Waals surface area contributed by atoms with Gasteiger partial charge >= 0.3 is 0 Å². The van der Waals surface area contributed by atoms with Crippen molar-refractivity contribution >= 4 is 11.7 Å². The Bertz CT molecular complexity index is 649. The SMILES string of the molecule is CC(=O)N1CCC2(CC1)CC(=O)c1cc(C(C)(C)C)ccc1O2. The molecule has 0 radical (unpaired) electrons. The number of ketones is 1. The Labute approximate surface area is 137 Å². The molecule has 4 nitrogen and oxygen atoms in total. The molecular formula is C19H25NO3. The summed E-state index contributed by atoms with van der Waals surface area (Å²) in [5, 5.41) is 0. The van der Waals surface area contributed by atoms with E-state index in [1.165, 1.54) is 0 Å². The van der Waals surface area contributed by atoms with Crippen molar-refractivity contribution in [1.29, 1.82) is 0 Å². The van der Waals surface area contributed by atoms with Crippen LogP contribution in [0.25, 0.3) is 0 Å². The molecule has 0 aromatic heterocycles. The molecule has 0 saturated carbocycles. The number of hydrogen-bond donors (Lipinski definition) is 0. The smallest absolute Gasteiger partial charge is 0.219 e. The fraction of sp³-hybridized carbons (Fsp3) is 0.579. The molecule has 0 N–H and O–H groups in total. The summed E-state index contributed by atoms with van der Waals surface area (Å²) in [6, 6.07) is 5.97. The van der Waals surface area contributed by atoms with Crippen LogP contribution in [0, 0.1) is 0 Å². The molecule has 1 aromatic carbocycles. The average Bonchev–Trinajstić information content (AvgIpc) is 2.46. The van der Waals surface area contributed by atoms with Crippen molar-refractivity contribution in [2.45, 2.75) is 58.0 Å². The fourth-order valence-electron chi connectivity index (χ4n) is 3.47. The molecule has 0 aliphatic carbocycles. The van der Waals surface area contributed by atoms with E-state index in [0.29, 0.717) is 30.8 Å². The number of Topliss-reactive ketones (excluding diaryl/α,β-unsaturated/α-hetero) is 1. The summed E-state index contributed by atoms with van der Waals surface area (Å²) in [5.41, 5.74) is 1.43. The number of nitrogens with zero attached hydrogens (tertiary/aromatic N) is 1. The Morgan fingerprint density at radius 3 is 2.43 bits per heavy atom. The van der Waals surface area contributed by atoms with E-state index in [0.717, 1.165) is 18.4 Å². The first-order valence-corrected chi connectivity index (χ1v) is 8.32. The van der Waals surface area contributed by atoms with Crippen molar-refractivity contribution in [2.24, 2.45) is 0 Å². The van der Waals surface area contributed by atoms with Gasteiger partial charge in [0.05, 0.1) is 12.0 Å². The first kappa shape index (κ1) is 16.0. The maximum atomic E-state index is 12.7. The number of carbonyl (C=O) groups is 2. The van der Waals surface area contributed by atoms with Gasteiger partial charge in [-0.05, 0) is 23.1 Å². The molecule has 1 saturated heterocycles. The van der Waals surface area contributed by atoms with Gasteiger partial charge in [-0.2, -0.15) is 0 Å². The second-order valence-corrected chi connectivity index (χ2v) is 7.85. The number of ether oxygens (including phenoxy) is 1. The predicted molar refractivity (Wildman–Crippen MR) is 88.9 cm³/mol. The molecule has 2 aliphatic heterocycles. The standard InChI is InChI=1S/C19H25NO3/c1-13(21)20-9-7-19(8-10-20)12-16(22)15-11-14(18(2,3)4)5-6-17(15)23-19/h5-6,11H,7-10,12H2,1-4H3. The van der Waals surface area contributed by atoms with Crippen molar-refractivity contribution in [3.05, 3.63) is 29.3 Å². The van der Waals surface area contributed by atoms with Gasteiger partial charge in [0.1, 0.15) is 11.4 Å². The second kappa shape index (κ2) is 5.36. The van der Waals surface area contributed by atoms with Crippen LogP contribution in [0.15, 0.2) is 18.2 Å². The minimum absolute atomic E-state index is 0.0112. The van der Waals surface area contributed by atoms with E-state index in [4.69, 9.17) is 4.74 Å². The number of benzene rings is 1. The highest BCUT2D eigenvalue weighted by Gasteiger charge is 2.43. The van der Waals surface area contributed by atoms with Crippen molar-refractivity contribution in [1.82, 2.24) is 4.90 Å². The van der Waals surface area contributed by atoms with Crippen LogP contribution >= 0.6 is 0 Å². The number of piperidine rings is 1. The fourth-order valence-corrected chi connectivity index (χ4v) is 3.47. The summed E-state index contributed by atoms with van der Waals surface area (Å²) >= 11 is 0. The number of likely N-dealkylation sites (tertiary alicyclic amines) is 1. The van der Waals surface area contributed by atoms with E-state index < -0.39 is 5.60 Å². The lowest BCUT2D eigenvalue weighted by Crippen LogP contribution is -2.51. The highest BCUT2D eigenvalue weighted by molar-refractivity contribution is 6.00. The third-order valence-corrected chi connectivity index (χ3v) is 5.08. The lowest BCUT2D eigenvalue weighted by atomic mass is 9.80. The minimum atomic E-state index is -0.431. The Balaban J connectivity index is 1.85. The number of hydrogen-bond acceptors (Lipinski definition) is 3. The maximum Gasteiger partial charge on any atom is 0.219 e.